The lowest BCUT2D eigenvalue weighted by atomic mass is 10.2. The Labute approximate surface area is 108 Å². The van der Waals surface area contributed by atoms with Crippen molar-refractivity contribution in [1.82, 2.24) is 5.32 Å². The molecule has 1 N–H and O–H groups in total. The van der Waals surface area contributed by atoms with Gasteiger partial charge in [0.05, 0.1) is 12.1 Å². The second kappa shape index (κ2) is 8.16. The fourth-order valence-electron chi connectivity index (χ4n) is 1.65. The van der Waals surface area contributed by atoms with Gasteiger partial charge in [-0.3, -0.25) is 0 Å². The van der Waals surface area contributed by atoms with E-state index in [1.54, 1.807) is 0 Å². The van der Waals surface area contributed by atoms with Crippen LogP contribution in [0.5, 0.6) is 0 Å². The summed E-state index contributed by atoms with van der Waals surface area (Å²) in [6.45, 7) is 5.01. The van der Waals surface area contributed by atoms with Gasteiger partial charge < -0.3 is 5.32 Å². The molecule has 0 radical (unpaired) electrons. The van der Waals surface area contributed by atoms with Crippen molar-refractivity contribution < 1.29 is 0 Å². The Balaban J connectivity index is 2.22. The molecule has 3 heteroatoms. The van der Waals surface area contributed by atoms with E-state index in [1.165, 1.54) is 11.1 Å². The van der Waals surface area contributed by atoms with Crippen molar-refractivity contribution >= 4 is 11.8 Å². The molecule has 0 bridgehead atoms. The van der Waals surface area contributed by atoms with Crippen molar-refractivity contribution in [3.63, 3.8) is 0 Å². The fraction of sp³-hybridized carbons (Fsp3) is 0.500. The first-order valence-electron chi connectivity index (χ1n) is 6.02. The van der Waals surface area contributed by atoms with Gasteiger partial charge in [-0.05, 0) is 31.2 Å². The van der Waals surface area contributed by atoms with E-state index in [4.69, 9.17) is 5.26 Å². The van der Waals surface area contributed by atoms with E-state index >= 15 is 0 Å². The van der Waals surface area contributed by atoms with Crippen molar-refractivity contribution in [3.05, 3.63) is 35.4 Å². The summed E-state index contributed by atoms with van der Waals surface area (Å²) in [6, 6.07) is 10.9. The van der Waals surface area contributed by atoms with Gasteiger partial charge in [0, 0.05) is 5.75 Å². The molecule has 17 heavy (non-hydrogen) atoms. The van der Waals surface area contributed by atoms with Crippen LogP contribution >= 0.6 is 11.8 Å². The lowest BCUT2D eigenvalue weighted by Crippen LogP contribution is -2.27. The number of hydrogen-bond donors (Lipinski definition) is 1. The van der Waals surface area contributed by atoms with Crippen LogP contribution in [0.1, 0.15) is 24.5 Å². The topological polar surface area (TPSA) is 35.8 Å². The van der Waals surface area contributed by atoms with E-state index in [2.05, 4.69) is 42.6 Å². The summed E-state index contributed by atoms with van der Waals surface area (Å²) in [4.78, 5) is 0. The number of nitrogens with zero attached hydrogens (tertiary/aromatic N) is 1. The molecule has 92 valence electrons. The minimum atomic E-state index is 0.00464. The Morgan fingerprint density at radius 1 is 1.47 bits per heavy atom. The number of thioether (sulfide) groups is 1. The van der Waals surface area contributed by atoms with E-state index in [1.807, 2.05) is 18.7 Å². The summed E-state index contributed by atoms with van der Waals surface area (Å²) in [6.07, 6.45) is 0.917. The molecule has 0 heterocycles. The normalized spacial score (nSPS) is 12.1. The molecule has 0 amide bonds. The first-order valence-corrected chi connectivity index (χ1v) is 7.18. The predicted octanol–water partition coefficient (Wildman–Crippen LogP) is 3.12. The van der Waals surface area contributed by atoms with Gasteiger partial charge in [0.15, 0.2) is 0 Å². The van der Waals surface area contributed by atoms with Gasteiger partial charge in [-0.15, -0.1) is 0 Å². The SMILES string of the molecule is CCNC(C#N)CCSCc1cccc(C)c1. The van der Waals surface area contributed by atoms with E-state index in [0.717, 1.165) is 24.5 Å². The van der Waals surface area contributed by atoms with Crippen LogP contribution in [0.2, 0.25) is 0 Å². The fourth-order valence-corrected chi connectivity index (χ4v) is 2.61. The van der Waals surface area contributed by atoms with Crippen molar-refractivity contribution in [2.75, 3.05) is 12.3 Å². The molecule has 0 aliphatic rings. The van der Waals surface area contributed by atoms with E-state index < -0.39 is 0 Å². The first kappa shape index (κ1) is 14.1. The van der Waals surface area contributed by atoms with E-state index in [0.29, 0.717) is 0 Å². The molecule has 1 aromatic rings. The third kappa shape index (κ3) is 5.76. The van der Waals surface area contributed by atoms with Crippen LogP contribution in [0.4, 0.5) is 0 Å². The summed E-state index contributed by atoms with van der Waals surface area (Å²) in [5.74, 6) is 2.06. The number of aryl methyl sites for hydroxylation is 1. The summed E-state index contributed by atoms with van der Waals surface area (Å²) in [7, 11) is 0. The molecule has 0 saturated carbocycles. The largest absolute Gasteiger partial charge is 0.302 e. The molecule has 0 aromatic heterocycles. The van der Waals surface area contributed by atoms with Gasteiger partial charge in [-0.25, -0.2) is 0 Å². The molecule has 0 aliphatic heterocycles. The van der Waals surface area contributed by atoms with Gasteiger partial charge >= 0.3 is 0 Å². The quantitative estimate of drug-likeness (QED) is 0.753. The molecular formula is C14H20N2S. The smallest absolute Gasteiger partial charge is 0.0960 e. The molecule has 1 aromatic carbocycles. The molecule has 0 spiro atoms. The lowest BCUT2D eigenvalue weighted by Gasteiger charge is -2.09. The highest BCUT2D eigenvalue weighted by Gasteiger charge is 2.04. The summed E-state index contributed by atoms with van der Waals surface area (Å²) in [5, 5.41) is 12.1. The van der Waals surface area contributed by atoms with Gasteiger partial charge in [-0.2, -0.15) is 17.0 Å². The highest BCUT2D eigenvalue weighted by Crippen LogP contribution is 2.14. The van der Waals surface area contributed by atoms with Gasteiger partial charge in [0.1, 0.15) is 0 Å². The van der Waals surface area contributed by atoms with Gasteiger partial charge in [0.25, 0.3) is 0 Å². The van der Waals surface area contributed by atoms with Crippen LogP contribution in [0.15, 0.2) is 24.3 Å². The summed E-state index contributed by atoms with van der Waals surface area (Å²) in [5.41, 5.74) is 2.68. The molecule has 0 saturated heterocycles. The lowest BCUT2D eigenvalue weighted by molar-refractivity contribution is 0.613. The zero-order chi connectivity index (χ0) is 12.5. The monoisotopic (exact) mass is 248 g/mol. The van der Waals surface area contributed by atoms with Crippen LogP contribution in [-0.4, -0.2) is 18.3 Å². The van der Waals surface area contributed by atoms with Crippen molar-refractivity contribution in [1.29, 1.82) is 5.26 Å². The standard InChI is InChI=1S/C14H20N2S/c1-3-16-14(10-15)7-8-17-11-13-6-4-5-12(2)9-13/h4-6,9,14,16H,3,7-8,11H2,1-2H3. The maximum atomic E-state index is 8.89. The maximum absolute atomic E-state index is 8.89. The molecule has 0 fully saturated rings. The maximum Gasteiger partial charge on any atom is 0.0960 e. The zero-order valence-electron chi connectivity index (χ0n) is 10.6. The zero-order valence-corrected chi connectivity index (χ0v) is 11.4. The number of hydrogen-bond acceptors (Lipinski definition) is 3. The minimum Gasteiger partial charge on any atom is -0.302 e. The van der Waals surface area contributed by atoms with E-state index in [-0.39, 0.29) is 6.04 Å². The van der Waals surface area contributed by atoms with Gasteiger partial charge in [-0.1, -0.05) is 36.8 Å². The summed E-state index contributed by atoms with van der Waals surface area (Å²) >= 11 is 1.89. The van der Waals surface area contributed by atoms with Crippen LogP contribution < -0.4 is 5.32 Å². The van der Waals surface area contributed by atoms with Crippen LogP contribution in [0.3, 0.4) is 0 Å². The molecule has 1 atom stereocenters. The molecule has 2 nitrogen and oxygen atoms in total. The number of rotatable bonds is 7. The van der Waals surface area contributed by atoms with Crippen molar-refractivity contribution in [3.8, 4) is 6.07 Å². The van der Waals surface area contributed by atoms with Gasteiger partial charge in [0.2, 0.25) is 0 Å². The Hall–Kier alpha value is -0.980. The second-order valence-corrected chi connectivity index (χ2v) is 5.17. The van der Waals surface area contributed by atoms with Crippen molar-refractivity contribution in [2.24, 2.45) is 0 Å². The number of nitriles is 1. The average Bonchev–Trinajstić information content (AvgIpc) is 2.33. The Kier molecular flexibility index (Phi) is 6.76. The minimum absolute atomic E-state index is 0.00464. The number of benzene rings is 1. The Morgan fingerprint density at radius 2 is 2.29 bits per heavy atom. The van der Waals surface area contributed by atoms with Crippen LogP contribution in [0, 0.1) is 18.3 Å². The van der Waals surface area contributed by atoms with E-state index in [9.17, 15) is 0 Å². The van der Waals surface area contributed by atoms with Crippen LogP contribution in [-0.2, 0) is 5.75 Å². The van der Waals surface area contributed by atoms with Crippen LogP contribution in [0.25, 0.3) is 0 Å². The Bertz CT molecular complexity index is 371. The number of nitrogens with one attached hydrogen (secondary N) is 1. The second-order valence-electron chi connectivity index (χ2n) is 4.07. The average molecular weight is 248 g/mol. The first-order chi connectivity index (χ1) is 8.26. The molecular weight excluding hydrogens is 228 g/mol. The third-order valence-corrected chi connectivity index (χ3v) is 3.57. The molecule has 0 aliphatic carbocycles. The predicted molar refractivity (Wildman–Crippen MR) is 75.0 cm³/mol. The molecule has 1 unspecified atom stereocenters. The summed E-state index contributed by atoms with van der Waals surface area (Å²) < 4.78 is 0. The third-order valence-electron chi connectivity index (χ3n) is 2.51. The highest BCUT2D eigenvalue weighted by atomic mass is 32.2. The van der Waals surface area contributed by atoms with Crippen molar-refractivity contribution in [2.45, 2.75) is 32.1 Å². The molecule has 1 rings (SSSR count). The Morgan fingerprint density at radius 3 is 2.94 bits per heavy atom. The highest BCUT2D eigenvalue weighted by molar-refractivity contribution is 7.98.